The Balaban J connectivity index is 0.00000400. The van der Waals surface area contributed by atoms with Crippen LogP contribution < -0.4 is 0 Å². The summed E-state index contributed by atoms with van der Waals surface area (Å²) in [5.41, 5.74) is -0.405. The number of ether oxygens (including phenoxy) is 2. The largest absolute Gasteiger partial charge is 0.462 e. The summed E-state index contributed by atoms with van der Waals surface area (Å²) < 4.78 is 40.6. The third-order valence-corrected chi connectivity index (χ3v) is 3.13. The average Bonchev–Trinajstić information content (AvgIpc) is 2.37. The molecule has 7 nitrogen and oxygen atoms in total. The summed E-state index contributed by atoms with van der Waals surface area (Å²) in [6, 6.07) is 2.97. The Morgan fingerprint density at radius 1 is 1.05 bits per heavy atom. The number of hydrogen-bond acceptors (Lipinski definition) is 6. The van der Waals surface area contributed by atoms with E-state index in [1.54, 1.807) is 13.8 Å². The minimum atomic E-state index is -4.49. The molecule has 0 heterocycles. The SMILES string of the molecule is CCOC(=O)c1ccc(S(=O)(=O)O)cc1C(=O)OCC.[Na]. The fraction of sp³-hybridized carbons (Fsp3) is 0.333. The fourth-order valence-corrected chi connectivity index (χ4v) is 1.96. The summed E-state index contributed by atoms with van der Waals surface area (Å²) in [6.07, 6.45) is 0. The first-order valence-corrected chi connectivity index (χ1v) is 7.21. The van der Waals surface area contributed by atoms with E-state index < -0.39 is 27.0 Å². The van der Waals surface area contributed by atoms with Gasteiger partial charge in [-0.1, -0.05) is 0 Å². The van der Waals surface area contributed by atoms with Crippen LogP contribution >= 0.6 is 0 Å². The summed E-state index contributed by atoms with van der Waals surface area (Å²) in [5, 5.41) is 0. The van der Waals surface area contributed by atoms with E-state index in [1.807, 2.05) is 0 Å². The smallest absolute Gasteiger partial charge is 0.339 e. The molecule has 0 aliphatic heterocycles. The first-order valence-electron chi connectivity index (χ1n) is 5.77. The molecule has 0 spiro atoms. The Morgan fingerprint density at radius 2 is 1.52 bits per heavy atom. The van der Waals surface area contributed by atoms with E-state index in [0.717, 1.165) is 18.2 Å². The van der Waals surface area contributed by atoms with E-state index in [4.69, 9.17) is 14.0 Å². The molecule has 9 heteroatoms. The summed E-state index contributed by atoms with van der Waals surface area (Å²) in [5.74, 6) is -1.65. The van der Waals surface area contributed by atoms with Crippen molar-refractivity contribution in [3.05, 3.63) is 29.3 Å². The first-order chi connectivity index (χ1) is 9.31. The third-order valence-electron chi connectivity index (χ3n) is 2.28. The number of carbonyl (C=O) groups is 2. The van der Waals surface area contributed by atoms with Crippen molar-refractivity contribution in [2.24, 2.45) is 0 Å². The average molecular weight is 325 g/mol. The van der Waals surface area contributed by atoms with E-state index in [0.29, 0.717) is 0 Å². The van der Waals surface area contributed by atoms with Gasteiger partial charge >= 0.3 is 11.9 Å². The molecule has 0 fully saturated rings. The maximum Gasteiger partial charge on any atom is 0.339 e. The third kappa shape index (κ3) is 5.40. The Bertz CT molecular complexity index is 624. The van der Waals surface area contributed by atoms with Crippen LogP contribution in [0.15, 0.2) is 23.1 Å². The van der Waals surface area contributed by atoms with Crippen molar-refractivity contribution in [3.63, 3.8) is 0 Å². The van der Waals surface area contributed by atoms with Crippen molar-refractivity contribution in [2.45, 2.75) is 18.7 Å². The van der Waals surface area contributed by atoms with Gasteiger partial charge in [0.15, 0.2) is 0 Å². The molecule has 1 radical (unpaired) electrons. The van der Waals surface area contributed by atoms with E-state index in [1.165, 1.54) is 0 Å². The van der Waals surface area contributed by atoms with Crippen LogP contribution in [0.4, 0.5) is 0 Å². The molecule has 0 amide bonds. The Hall–Kier alpha value is -0.930. The van der Waals surface area contributed by atoms with Crippen LogP contribution in [0.3, 0.4) is 0 Å². The molecule has 0 aliphatic carbocycles. The van der Waals surface area contributed by atoms with Gasteiger partial charge in [-0.25, -0.2) is 9.59 Å². The van der Waals surface area contributed by atoms with Crippen molar-refractivity contribution in [3.8, 4) is 0 Å². The second-order valence-corrected chi connectivity index (χ2v) is 5.04. The Labute approximate surface area is 144 Å². The number of rotatable bonds is 5. The molecule has 1 rings (SSSR count). The Morgan fingerprint density at radius 3 is 1.95 bits per heavy atom. The standard InChI is InChI=1S/C12H14O7S.Na/c1-3-18-11(13)9-6-5-8(20(15,16)17)7-10(9)12(14)19-4-2;/h5-7H,3-4H2,1-2H3,(H,15,16,17);. The number of hydrogen-bond donors (Lipinski definition) is 1. The Kier molecular flexibility index (Phi) is 8.12. The van der Waals surface area contributed by atoms with Gasteiger partial charge in [-0.05, 0) is 32.0 Å². The molecular formula is C12H14NaO7S. The van der Waals surface area contributed by atoms with Crippen LogP contribution in [0, 0.1) is 0 Å². The molecule has 0 aliphatic rings. The summed E-state index contributed by atoms with van der Waals surface area (Å²) in [4.78, 5) is 22.9. The van der Waals surface area contributed by atoms with Crippen LogP contribution in [0.2, 0.25) is 0 Å². The molecular weight excluding hydrogens is 311 g/mol. The van der Waals surface area contributed by atoms with Crippen LogP contribution in [0.25, 0.3) is 0 Å². The quantitative estimate of drug-likeness (QED) is 0.487. The van der Waals surface area contributed by atoms with Crippen LogP contribution in [-0.4, -0.2) is 67.7 Å². The molecule has 1 aromatic rings. The van der Waals surface area contributed by atoms with Gasteiger partial charge in [0.05, 0.1) is 29.2 Å². The number of esters is 2. The minimum Gasteiger partial charge on any atom is -0.462 e. The predicted molar refractivity (Wildman–Crippen MR) is 73.9 cm³/mol. The summed E-state index contributed by atoms with van der Waals surface area (Å²) in [6.45, 7) is 3.31. The molecule has 1 N–H and O–H groups in total. The maximum absolute atomic E-state index is 11.7. The zero-order chi connectivity index (χ0) is 15.3. The van der Waals surface area contributed by atoms with Crippen LogP contribution in [0.1, 0.15) is 34.6 Å². The van der Waals surface area contributed by atoms with Gasteiger partial charge in [0.25, 0.3) is 10.1 Å². The van der Waals surface area contributed by atoms with E-state index in [-0.39, 0.29) is 53.9 Å². The van der Waals surface area contributed by atoms with Crippen LogP contribution in [0.5, 0.6) is 0 Å². The second kappa shape index (κ2) is 8.50. The number of benzene rings is 1. The molecule has 111 valence electrons. The van der Waals surface area contributed by atoms with Crippen molar-refractivity contribution in [1.29, 1.82) is 0 Å². The second-order valence-electron chi connectivity index (χ2n) is 3.62. The topological polar surface area (TPSA) is 107 Å². The fourth-order valence-electron chi connectivity index (χ4n) is 1.45. The predicted octanol–water partition coefficient (Wildman–Crippen LogP) is 0.906. The van der Waals surface area contributed by atoms with E-state index in [2.05, 4.69) is 0 Å². The van der Waals surface area contributed by atoms with Gasteiger partial charge in [-0.15, -0.1) is 0 Å². The molecule has 0 aromatic heterocycles. The van der Waals surface area contributed by atoms with Crippen molar-refractivity contribution in [2.75, 3.05) is 13.2 Å². The minimum absolute atomic E-state index is 0. The van der Waals surface area contributed by atoms with E-state index >= 15 is 0 Å². The van der Waals surface area contributed by atoms with Gasteiger partial charge in [0.1, 0.15) is 0 Å². The molecule has 0 bridgehead atoms. The van der Waals surface area contributed by atoms with Gasteiger partial charge in [0, 0.05) is 29.6 Å². The molecule has 0 saturated carbocycles. The monoisotopic (exact) mass is 325 g/mol. The van der Waals surface area contributed by atoms with Gasteiger partial charge in [0.2, 0.25) is 0 Å². The van der Waals surface area contributed by atoms with Gasteiger partial charge in [-0.2, -0.15) is 8.42 Å². The molecule has 0 saturated heterocycles. The maximum atomic E-state index is 11.7. The zero-order valence-electron chi connectivity index (χ0n) is 12.0. The first kappa shape index (κ1) is 20.1. The van der Waals surface area contributed by atoms with Crippen molar-refractivity contribution >= 4 is 51.6 Å². The molecule has 0 atom stereocenters. The molecule has 0 unspecified atom stereocenters. The zero-order valence-corrected chi connectivity index (χ0v) is 14.8. The van der Waals surface area contributed by atoms with Crippen LogP contribution in [-0.2, 0) is 19.6 Å². The van der Waals surface area contributed by atoms with Gasteiger partial charge < -0.3 is 9.47 Å². The number of carbonyl (C=O) groups excluding carboxylic acids is 2. The summed E-state index contributed by atoms with van der Waals surface area (Å²) >= 11 is 0. The summed E-state index contributed by atoms with van der Waals surface area (Å²) in [7, 11) is -4.49. The van der Waals surface area contributed by atoms with Gasteiger partial charge in [-0.3, -0.25) is 4.55 Å². The molecule has 21 heavy (non-hydrogen) atoms. The normalized spacial score (nSPS) is 10.4. The molecule has 1 aromatic carbocycles. The van der Waals surface area contributed by atoms with Crippen molar-refractivity contribution < 1.29 is 32.0 Å². The van der Waals surface area contributed by atoms with E-state index in [9.17, 15) is 18.0 Å². The van der Waals surface area contributed by atoms with Crippen molar-refractivity contribution in [1.82, 2.24) is 0 Å².